The van der Waals surface area contributed by atoms with Crippen molar-refractivity contribution in [1.29, 1.82) is 0 Å². The number of oxazole rings is 1. The minimum absolute atomic E-state index is 0. The molecule has 4 nitrogen and oxygen atoms in total. The number of benzene rings is 1. The smallest absolute Gasteiger partial charge is 0.226 e. The average molecular weight is 294 g/mol. The highest BCUT2D eigenvalue weighted by Gasteiger charge is 2.20. The maximum atomic E-state index is 5.90. The Hall–Kier alpha value is -1.36. The lowest BCUT2D eigenvalue weighted by molar-refractivity contribution is 0.322. The summed E-state index contributed by atoms with van der Waals surface area (Å²) in [6.45, 7) is 4.89. The fourth-order valence-corrected chi connectivity index (χ4v) is 2.44. The molecular formula is C15H20ClN3O. The molecule has 0 saturated carbocycles. The minimum atomic E-state index is 0. The molecule has 3 rings (SSSR count). The zero-order valence-electron chi connectivity index (χ0n) is 11.6. The highest BCUT2D eigenvalue weighted by atomic mass is 35.5. The third kappa shape index (κ3) is 3.39. The summed E-state index contributed by atoms with van der Waals surface area (Å²) in [6, 6.07) is 8.52. The van der Waals surface area contributed by atoms with Crippen molar-refractivity contribution in [3.63, 3.8) is 0 Å². The van der Waals surface area contributed by atoms with Gasteiger partial charge < -0.3 is 10.2 Å². The average Bonchev–Trinajstić information content (AvgIpc) is 3.00. The second-order valence-electron chi connectivity index (χ2n) is 5.29. The normalized spacial score (nSPS) is 19.0. The summed E-state index contributed by atoms with van der Waals surface area (Å²) in [6.07, 6.45) is 2.82. The molecule has 0 amide bonds. The topological polar surface area (TPSA) is 55.3 Å². The quantitative estimate of drug-likeness (QED) is 0.945. The van der Waals surface area contributed by atoms with E-state index in [1.165, 1.54) is 5.56 Å². The molecule has 2 aromatic rings. The predicted molar refractivity (Wildman–Crippen MR) is 81.8 cm³/mol. The third-order valence-corrected chi connectivity index (χ3v) is 3.54. The molecule has 0 unspecified atom stereocenters. The van der Waals surface area contributed by atoms with Gasteiger partial charge in [0.2, 0.25) is 5.89 Å². The summed E-state index contributed by atoms with van der Waals surface area (Å²) in [5.74, 6) is 0.693. The zero-order chi connectivity index (χ0) is 13.2. The van der Waals surface area contributed by atoms with Crippen LogP contribution in [0.4, 0.5) is 0 Å². The fraction of sp³-hybridized carbons (Fsp3) is 0.400. The van der Waals surface area contributed by atoms with Gasteiger partial charge in [0.15, 0.2) is 0 Å². The first kappa shape index (κ1) is 15.0. The summed E-state index contributed by atoms with van der Waals surface area (Å²) in [5, 5.41) is 0. The highest BCUT2D eigenvalue weighted by molar-refractivity contribution is 5.85. The van der Waals surface area contributed by atoms with Crippen molar-refractivity contribution >= 4 is 12.4 Å². The number of aromatic nitrogens is 1. The van der Waals surface area contributed by atoms with E-state index in [1.807, 2.05) is 12.1 Å². The van der Waals surface area contributed by atoms with Crippen molar-refractivity contribution in [1.82, 2.24) is 9.88 Å². The molecule has 108 valence electrons. The molecule has 2 N–H and O–H groups in total. The molecule has 1 saturated heterocycles. The minimum Gasteiger partial charge on any atom is -0.444 e. The van der Waals surface area contributed by atoms with Crippen molar-refractivity contribution in [2.45, 2.75) is 25.9 Å². The largest absolute Gasteiger partial charge is 0.444 e. The standard InChI is InChI=1S/C15H19N3O.ClH/c1-11-2-4-12(5-3-11)15-17-14(10-19-15)9-18-7-6-13(16)8-18;/h2-5,10,13H,6-9,16H2,1H3;1H/t13-;/m0./s1. The van der Waals surface area contributed by atoms with E-state index < -0.39 is 0 Å². The van der Waals surface area contributed by atoms with E-state index in [0.29, 0.717) is 11.9 Å². The number of hydrogen-bond acceptors (Lipinski definition) is 4. The van der Waals surface area contributed by atoms with Crippen molar-refractivity contribution in [2.75, 3.05) is 13.1 Å². The third-order valence-electron chi connectivity index (χ3n) is 3.54. The number of rotatable bonds is 3. The Bertz CT molecular complexity index is 553. The molecule has 2 heterocycles. The second-order valence-corrected chi connectivity index (χ2v) is 5.29. The summed E-state index contributed by atoms with van der Waals surface area (Å²) in [4.78, 5) is 6.87. The van der Waals surface area contributed by atoms with Crippen molar-refractivity contribution < 1.29 is 4.42 Å². The first-order chi connectivity index (χ1) is 9.20. The van der Waals surface area contributed by atoms with Gasteiger partial charge in [-0.3, -0.25) is 4.90 Å². The van der Waals surface area contributed by atoms with Gasteiger partial charge in [0.25, 0.3) is 0 Å². The maximum absolute atomic E-state index is 5.90. The van der Waals surface area contributed by atoms with Crippen LogP contribution in [-0.2, 0) is 6.54 Å². The van der Waals surface area contributed by atoms with Gasteiger partial charge in [-0.1, -0.05) is 17.7 Å². The maximum Gasteiger partial charge on any atom is 0.226 e. The van der Waals surface area contributed by atoms with Crippen molar-refractivity contribution in [3.8, 4) is 11.5 Å². The van der Waals surface area contributed by atoms with E-state index in [4.69, 9.17) is 10.2 Å². The second kappa shape index (κ2) is 6.39. The van der Waals surface area contributed by atoms with Crippen LogP contribution in [0.15, 0.2) is 34.9 Å². The Kier molecular flexibility index (Phi) is 4.81. The summed E-state index contributed by atoms with van der Waals surface area (Å²) < 4.78 is 5.56. The van der Waals surface area contributed by atoms with Crippen LogP contribution < -0.4 is 5.73 Å². The molecule has 0 spiro atoms. The molecule has 5 heteroatoms. The molecule has 1 aliphatic rings. The first-order valence-corrected chi connectivity index (χ1v) is 6.70. The van der Waals surface area contributed by atoms with Crippen LogP contribution in [0.5, 0.6) is 0 Å². The van der Waals surface area contributed by atoms with Crippen LogP contribution in [-0.4, -0.2) is 29.0 Å². The van der Waals surface area contributed by atoms with Gasteiger partial charge in [0.05, 0.1) is 5.69 Å². The Morgan fingerprint density at radius 3 is 2.75 bits per heavy atom. The predicted octanol–water partition coefficient (Wildman–Crippen LogP) is 2.60. The molecule has 1 aromatic heterocycles. The van der Waals surface area contributed by atoms with Gasteiger partial charge in [0, 0.05) is 31.2 Å². The number of nitrogens with two attached hydrogens (primary N) is 1. The van der Waals surface area contributed by atoms with Gasteiger partial charge in [0.1, 0.15) is 6.26 Å². The van der Waals surface area contributed by atoms with E-state index in [2.05, 4.69) is 28.9 Å². The summed E-state index contributed by atoms with van der Waals surface area (Å²) >= 11 is 0. The van der Waals surface area contributed by atoms with Crippen LogP contribution in [0.3, 0.4) is 0 Å². The zero-order valence-corrected chi connectivity index (χ0v) is 12.4. The summed E-state index contributed by atoms with van der Waals surface area (Å²) in [5.41, 5.74) is 9.14. The number of nitrogens with zero attached hydrogens (tertiary/aromatic N) is 2. The Balaban J connectivity index is 0.00000147. The van der Waals surface area contributed by atoms with E-state index in [1.54, 1.807) is 6.26 Å². The van der Waals surface area contributed by atoms with E-state index in [9.17, 15) is 0 Å². The molecule has 0 bridgehead atoms. The number of aryl methyl sites for hydroxylation is 1. The van der Waals surface area contributed by atoms with Gasteiger partial charge in [-0.15, -0.1) is 12.4 Å². The molecule has 1 aromatic carbocycles. The molecule has 0 radical (unpaired) electrons. The van der Waals surface area contributed by atoms with Gasteiger partial charge in [-0.05, 0) is 25.5 Å². The Morgan fingerprint density at radius 2 is 2.10 bits per heavy atom. The number of likely N-dealkylation sites (tertiary alicyclic amines) is 1. The highest BCUT2D eigenvalue weighted by Crippen LogP contribution is 2.20. The van der Waals surface area contributed by atoms with E-state index in [-0.39, 0.29) is 12.4 Å². The van der Waals surface area contributed by atoms with Crippen LogP contribution in [0.1, 0.15) is 17.7 Å². The summed E-state index contributed by atoms with van der Waals surface area (Å²) in [7, 11) is 0. The van der Waals surface area contributed by atoms with Crippen LogP contribution in [0.2, 0.25) is 0 Å². The molecule has 1 atom stereocenters. The first-order valence-electron chi connectivity index (χ1n) is 6.70. The van der Waals surface area contributed by atoms with Crippen LogP contribution in [0.25, 0.3) is 11.5 Å². The number of halogens is 1. The Morgan fingerprint density at radius 1 is 1.35 bits per heavy atom. The van der Waals surface area contributed by atoms with Crippen LogP contribution in [0, 0.1) is 6.92 Å². The molecular weight excluding hydrogens is 274 g/mol. The fourth-order valence-electron chi connectivity index (χ4n) is 2.44. The molecule has 0 aliphatic carbocycles. The lowest BCUT2D eigenvalue weighted by Crippen LogP contribution is -2.26. The SMILES string of the molecule is Cc1ccc(-c2nc(CN3CC[C@H](N)C3)co2)cc1.Cl. The van der Waals surface area contributed by atoms with Gasteiger partial charge in [-0.2, -0.15) is 0 Å². The Labute approximate surface area is 125 Å². The van der Waals surface area contributed by atoms with Crippen molar-refractivity contribution in [2.24, 2.45) is 5.73 Å². The molecule has 20 heavy (non-hydrogen) atoms. The van der Waals surface area contributed by atoms with Gasteiger partial charge in [-0.25, -0.2) is 4.98 Å². The van der Waals surface area contributed by atoms with Gasteiger partial charge >= 0.3 is 0 Å². The van der Waals surface area contributed by atoms with E-state index in [0.717, 1.165) is 37.3 Å². The van der Waals surface area contributed by atoms with Crippen LogP contribution >= 0.6 is 12.4 Å². The lowest BCUT2D eigenvalue weighted by Gasteiger charge is -2.12. The number of hydrogen-bond donors (Lipinski definition) is 1. The van der Waals surface area contributed by atoms with Crippen molar-refractivity contribution in [3.05, 3.63) is 41.8 Å². The van der Waals surface area contributed by atoms with E-state index >= 15 is 0 Å². The monoisotopic (exact) mass is 293 g/mol. The molecule has 1 fully saturated rings. The molecule has 1 aliphatic heterocycles. The lowest BCUT2D eigenvalue weighted by atomic mass is 10.1.